The molecule has 0 atom stereocenters. The highest BCUT2D eigenvalue weighted by Gasteiger charge is 2.14. The molecule has 1 amide bonds. The number of rotatable bonds is 6. The lowest BCUT2D eigenvalue weighted by atomic mass is 10.1. The van der Waals surface area contributed by atoms with Crippen LogP contribution in [-0.2, 0) is 11.3 Å². The molecule has 0 unspecified atom stereocenters. The smallest absolute Gasteiger partial charge is 0.262 e. The maximum Gasteiger partial charge on any atom is 0.262 e. The van der Waals surface area contributed by atoms with Crippen LogP contribution >= 0.6 is 11.8 Å². The maximum absolute atomic E-state index is 13.1. The van der Waals surface area contributed by atoms with E-state index in [0.29, 0.717) is 22.6 Å². The van der Waals surface area contributed by atoms with Gasteiger partial charge in [0.25, 0.3) is 5.56 Å². The summed E-state index contributed by atoms with van der Waals surface area (Å²) in [5.74, 6) is -0.00586. The van der Waals surface area contributed by atoms with Gasteiger partial charge in [0.2, 0.25) is 5.91 Å². The molecule has 0 aliphatic rings. The molecular weight excluding hydrogens is 408 g/mol. The first-order valence-electron chi connectivity index (χ1n) is 9.89. The van der Waals surface area contributed by atoms with E-state index in [1.165, 1.54) is 17.3 Å². The Labute approximate surface area is 184 Å². The van der Waals surface area contributed by atoms with Crippen LogP contribution in [-0.4, -0.2) is 26.2 Å². The van der Waals surface area contributed by atoms with Gasteiger partial charge in [0.1, 0.15) is 0 Å². The first-order valence-corrected chi connectivity index (χ1v) is 10.9. The molecule has 156 valence electrons. The zero-order valence-corrected chi connectivity index (χ0v) is 18.1. The molecule has 0 saturated carbocycles. The molecule has 0 fully saturated rings. The molecule has 2 heterocycles. The van der Waals surface area contributed by atoms with E-state index >= 15 is 0 Å². The number of amides is 1. The van der Waals surface area contributed by atoms with Crippen molar-refractivity contribution in [3.63, 3.8) is 0 Å². The zero-order valence-electron chi connectivity index (χ0n) is 17.3. The van der Waals surface area contributed by atoms with Crippen LogP contribution in [0.25, 0.3) is 10.9 Å². The highest BCUT2D eigenvalue weighted by atomic mass is 32.2. The fourth-order valence-corrected chi connectivity index (χ4v) is 4.02. The molecule has 7 heteroatoms. The highest BCUT2D eigenvalue weighted by molar-refractivity contribution is 7.99. The van der Waals surface area contributed by atoms with Gasteiger partial charge in [-0.05, 0) is 60.9 Å². The fourth-order valence-electron chi connectivity index (χ4n) is 3.22. The summed E-state index contributed by atoms with van der Waals surface area (Å²) >= 11 is 1.25. The molecule has 1 N–H and O–H groups in total. The third kappa shape index (κ3) is 4.83. The quantitative estimate of drug-likeness (QED) is 0.367. The SMILES string of the molecule is Cc1ccc(NC(=O)CSc2nc3ccccc3c(=O)n2Cc2cccnc2)cc1C. The standard InChI is InChI=1S/C24H22N4O2S/c1-16-9-10-19(12-17(16)2)26-22(29)15-31-24-27-21-8-4-3-7-20(21)23(30)28(24)14-18-6-5-11-25-13-18/h3-13H,14-15H2,1-2H3,(H,26,29). The summed E-state index contributed by atoms with van der Waals surface area (Å²) in [6, 6.07) is 16.8. The number of para-hydroxylation sites is 1. The van der Waals surface area contributed by atoms with Crippen LogP contribution in [0.1, 0.15) is 16.7 Å². The van der Waals surface area contributed by atoms with Crippen LogP contribution < -0.4 is 10.9 Å². The van der Waals surface area contributed by atoms with E-state index in [1.54, 1.807) is 23.0 Å². The van der Waals surface area contributed by atoms with Crippen LogP contribution in [0.5, 0.6) is 0 Å². The first kappa shape index (κ1) is 20.8. The summed E-state index contributed by atoms with van der Waals surface area (Å²) in [5.41, 5.74) is 4.42. The fraction of sp³-hybridized carbons (Fsp3) is 0.167. The van der Waals surface area contributed by atoms with Crippen molar-refractivity contribution in [3.05, 3.63) is 94.0 Å². The molecule has 0 bridgehead atoms. The van der Waals surface area contributed by atoms with Gasteiger partial charge in [-0.2, -0.15) is 0 Å². The Morgan fingerprint density at radius 3 is 2.68 bits per heavy atom. The molecule has 0 aliphatic carbocycles. The summed E-state index contributed by atoms with van der Waals surface area (Å²) in [6.45, 7) is 4.38. The Hall–Kier alpha value is -3.45. The second-order valence-electron chi connectivity index (χ2n) is 7.30. The molecule has 31 heavy (non-hydrogen) atoms. The number of nitrogens with zero attached hydrogens (tertiary/aromatic N) is 3. The number of pyridine rings is 1. The van der Waals surface area contributed by atoms with Gasteiger partial charge in [-0.3, -0.25) is 19.1 Å². The van der Waals surface area contributed by atoms with Crippen molar-refractivity contribution in [1.29, 1.82) is 0 Å². The zero-order chi connectivity index (χ0) is 21.8. The summed E-state index contributed by atoms with van der Waals surface area (Å²) in [6.07, 6.45) is 3.42. The highest BCUT2D eigenvalue weighted by Crippen LogP contribution is 2.20. The van der Waals surface area contributed by atoms with Gasteiger partial charge in [-0.15, -0.1) is 0 Å². The number of carbonyl (C=O) groups is 1. The molecule has 6 nitrogen and oxygen atoms in total. The first-order chi connectivity index (χ1) is 15.0. The molecule has 2 aromatic carbocycles. The van der Waals surface area contributed by atoms with Gasteiger partial charge in [-0.25, -0.2) is 4.98 Å². The van der Waals surface area contributed by atoms with Crippen molar-refractivity contribution in [1.82, 2.24) is 14.5 Å². The molecule has 4 aromatic rings. The molecule has 0 aliphatic heterocycles. The Morgan fingerprint density at radius 1 is 1.06 bits per heavy atom. The van der Waals surface area contributed by atoms with Crippen molar-refractivity contribution < 1.29 is 4.79 Å². The largest absolute Gasteiger partial charge is 0.325 e. The van der Waals surface area contributed by atoms with E-state index in [2.05, 4.69) is 15.3 Å². The number of hydrogen-bond acceptors (Lipinski definition) is 5. The minimum atomic E-state index is -0.149. The summed E-state index contributed by atoms with van der Waals surface area (Å²) in [7, 11) is 0. The van der Waals surface area contributed by atoms with Crippen molar-refractivity contribution in [2.24, 2.45) is 0 Å². The van der Waals surface area contributed by atoms with E-state index in [-0.39, 0.29) is 17.2 Å². The molecule has 2 aromatic heterocycles. The number of aryl methyl sites for hydroxylation is 2. The van der Waals surface area contributed by atoms with Gasteiger partial charge in [0.15, 0.2) is 5.16 Å². The predicted octanol–water partition coefficient (Wildman–Crippen LogP) is 4.19. The Balaban J connectivity index is 1.59. The second-order valence-corrected chi connectivity index (χ2v) is 8.24. The monoisotopic (exact) mass is 430 g/mol. The predicted molar refractivity (Wildman–Crippen MR) is 125 cm³/mol. The number of thioether (sulfide) groups is 1. The number of benzene rings is 2. The van der Waals surface area contributed by atoms with Gasteiger partial charge >= 0.3 is 0 Å². The van der Waals surface area contributed by atoms with Crippen LogP contribution in [0.4, 0.5) is 5.69 Å². The summed E-state index contributed by atoms with van der Waals surface area (Å²) in [4.78, 5) is 34.5. The summed E-state index contributed by atoms with van der Waals surface area (Å²) in [5, 5.41) is 3.97. The Bertz CT molecular complexity index is 1300. The molecule has 4 rings (SSSR count). The average Bonchev–Trinajstić information content (AvgIpc) is 2.78. The number of carbonyl (C=O) groups excluding carboxylic acids is 1. The molecule has 0 saturated heterocycles. The number of aromatic nitrogens is 3. The van der Waals surface area contributed by atoms with Crippen LogP contribution in [0.2, 0.25) is 0 Å². The van der Waals surface area contributed by atoms with E-state index in [1.807, 2.05) is 62.4 Å². The second kappa shape index (κ2) is 9.14. The molecular formula is C24H22N4O2S. The number of nitrogens with one attached hydrogen (secondary N) is 1. The molecule has 0 radical (unpaired) electrons. The van der Waals surface area contributed by atoms with Crippen molar-refractivity contribution in [3.8, 4) is 0 Å². The lowest BCUT2D eigenvalue weighted by Gasteiger charge is -2.13. The number of fused-ring (bicyclic) bond motifs is 1. The van der Waals surface area contributed by atoms with Crippen molar-refractivity contribution >= 4 is 34.3 Å². The van der Waals surface area contributed by atoms with E-state index in [4.69, 9.17) is 0 Å². The number of anilines is 1. The molecule has 0 spiro atoms. The number of hydrogen-bond donors (Lipinski definition) is 1. The minimum Gasteiger partial charge on any atom is -0.325 e. The topological polar surface area (TPSA) is 76.9 Å². The average molecular weight is 431 g/mol. The van der Waals surface area contributed by atoms with Gasteiger partial charge in [0, 0.05) is 18.1 Å². The Kier molecular flexibility index (Phi) is 6.13. The van der Waals surface area contributed by atoms with Gasteiger partial charge in [0.05, 0.1) is 23.2 Å². The lowest BCUT2D eigenvalue weighted by Crippen LogP contribution is -2.25. The lowest BCUT2D eigenvalue weighted by molar-refractivity contribution is -0.113. The van der Waals surface area contributed by atoms with Gasteiger partial charge < -0.3 is 5.32 Å². The van der Waals surface area contributed by atoms with E-state index < -0.39 is 0 Å². The van der Waals surface area contributed by atoms with Crippen LogP contribution in [0, 0.1) is 13.8 Å². The minimum absolute atomic E-state index is 0.133. The van der Waals surface area contributed by atoms with Crippen LogP contribution in [0.3, 0.4) is 0 Å². The van der Waals surface area contributed by atoms with Crippen molar-refractivity contribution in [2.45, 2.75) is 25.5 Å². The maximum atomic E-state index is 13.1. The third-order valence-electron chi connectivity index (χ3n) is 5.01. The van der Waals surface area contributed by atoms with E-state index in [9.17, 15) is 9.59 Å². The van der Waals surface area contributed by atoms with E-state index in [0.717, 1.165) is 16.8 Å². The van der Waals surface area contributed by atoms with Crippen molar-refractivity contribution in [2.75, 3.05) is 11.1 Å². The third-order valence-corrected chi connectivity index (χ3v) is 5.99. The summed E-state index contributed by atoms with van der Waals surface area (Å²) < 4.78 is 1.60. The Morgan fingerprint density at radius 2 is 1.90 bits per heavy atom. The van der Waals surface area contributed by atoms with Gasteiger partial charge in [-0.1, -0.05) is 36.0 Å². The van der Waals surface area contributed by atoms with Crippen LogP contribution in [0.15, 0.2) is 76.9 Å². The normalized spacial score (nSPS) is 10.9.